The largest absolute Gasteiger partial charge is 0.348 e. The number of hydrogen-bond acceptors (Lipinski definition) is 5. The molecule has 3 aliphatic rings. The van der Waals surface area contributed by atoms with E-state index < -0.39 is 0 Å². The first-order chi connectivity index (χ1) is 13.2. The van der Waals surface area contributed by atoms with Crippen molar-refractivity contribution in [1.29, 1.82) is 0 Å². The van der Waals surface area contributed by atoms with E-state index in [0.717, 1.165) is 54.0 Å². The fraction of sp³-hybridized carbons (Fsp3) is 0.500. The van der Waals surface area contributed by atoms with Crippen molar-refractivity contribution < 1.29 is 9.59 Å². The van der Waals surface area contributed by atoms with Crippen LogP contribution in [0.2, 0.25) is 0 Å². The summed E-state index contributed by atoms with van der Waals surface area (Å²) < 4.78 is 0.993. The smallest absolute Gasteiger partial charge is 0.264 e. The topological polar surface area (TPSA) is 73.5 Å². The number of rotatable bonds is 3. The van der Waals surface area contributed by atoms with Crippen LogP contribution in [0.1, 0.15) is 39.3 Å². The molecule has 2 bridgehead atoms. The lowest BCUT2D eigenvalue weighted by Crippen LogP contribution is -2.46. The molecule has 0 saturated carbocycles. The molecule has 0 unspecified atom stereocenters. The van der Waals surface area contributed by atoms with Gasteiger partial charge in [0.05, 0.1) is 4.88 Å². The van der Waals surface area contributed by atoms with Crippen LogP contribution in [0, 0.1) is 0 Å². The van der Waals surface area contributed by atoms with Gasteiger partial charge in [-0.3, -0.25) is 9.59 Å². The van der Waals surface area contributed by atoms with Gasteiger partial charge in [0.15, 0.2) is 0 Å². The lowest BCUT2D eigenvalue weighted by Gasteiger charge is -2.26. The summed E-state index contributed by atoms with van der Waals surface area (Å²) >= 11 is 1.48. The zero-order valence-corrected chi connectivity index (χ0v) is 16.0. The molecule has 6 nitrogen and oxygen atoms in total. The van der Waals surface area contributed by atoms with E-state index in [9.17, 15) is 9.59 Å². The molecule has 4 heterocycles. The van der Waals surface area contributed by atoms with Crippen molar-refractivity contribution in [3.8, 4) is 0 Å². The molecule has 142 valence electrons. The molecule has 1 aromatic carbocycles. The maximum atomic E-state index is 12.7. The number of carbonyl (C=O) groups is 2. The second-order valence-corrected chi connectivity index (χ2v) is 8.85. The molecule has 3 aliphatic heterocycles. The van der Waals surface area contributed by atoms with Crippen molar-refractivity contribution in [3.05, 3.63) is 34.7 Å². The number of benzene rings is 1. The maximum absolute atomic E-state index is 12.7. The normalized spacial score (nSPS) is 27.3. The third-order valence-corrected chi connectivity index (χ3v) is 7.10. The lowest BCUT2D eigenvalue weighted by molar-refractivity contribution is 0.0740. The van der Waals surface area contributed by atoms with Gasteiger partial charge in [0, 0.05) is 54.6 Å². The Morgan fingerprint density at radius 3 is 2.74 bits per heavy atom. The zero-order valence-electron chi connectivity index (χ0n) is 15.2. The van der Waals surface area contributed by atoms with Gasteiger partial charge in [-0.2, -0.15) is 0 Å². The Hall–Kier alpha value is -1.96. The highest BCUT2D eigenvalue weighted by Gasteiger charge is 2.39. The lowest BCUT2D eigenvalue weighted by atomic mass is 9.95. The molecule has 7 heteroatoms. The third-order valence-electron chi connectivity index (χ3n) is 6.01. The molecule has 0 aliphatic carbocycles. The minimum Gasteiger partial charge on any atom is -0.348 e. The third kappa shape index (κ3) is 3.24. The standard InChI is InChI=1S/C20H24N4O2S/c25-19(23-16-11-14-3-4-15(16)22-14)13-2-1-12-9-18(27-17(12)10-13)20(26)24-7-5-21-6-8-24/h1-2,9-10,14-16,21-22H,3-8,11H2,(H,23,25)/t14-,15+,16-/m1/s1. The predicted molar refractivity (Wildman–Crippen MR) is 106 cm³/mol. The SMILES string of the molecule is O=C(N[C@@H]1C[C@H]2CC[C@@H]1N2)c1ccc2cc(C(=O)N3CCNCC3)sc2c1. The molecule has 3 fully saturated rings. The molecular weight excluding hydrogens is 360 g/mol. The van der Waals surface area contributed by atoms with Gasteiger partial charge in [-0.25, -0.2) is 0 Å². The van der Waals surface area contributed by atoms with Crippen LogP contribution in [0.25, 0.3) is 10.1 Å². The van der Waals surface area contributed by atoms with Crippen LogP contribution in [-0.2, 0) is 0 Å². The Balaban J connectivity index is 1.32. The first kappa shape index (κ1) is 17.2. The molecule has 1 aromatic heterocycles. The van der Waals surface area contributed by atoms with Crippen LogP contribution >= 0.6 is 11.3 Å². The molecular formula is C20H24N4O2S. The number of nitrogens with one attached hydrogen (secondary N) is 3. The first-order valence-electron chi connectivity index (χ1n) is 9.78. The molecule has 0 spiro atoms. The quantitative estimate of drug-likeness (QED) is 0.751. The van der Waals surface area contributed by atoms with E-state index in [2.05, 4.69) is 16.0 Å². The Kier molecular flexibility index (Phi) is 4.38. The monoisotopic (exact) mass is 384 g/mol. The van der Waals surface area contributed by atoms with E-state index in [1.54, 1.807) is 0 Å². The minimum absolute atomic E-state index is 0.0142. The molecule has 3 N–H and O–H groups in total. The van der Waals surface area contributed by atoms with Gasteiger partial charge in [0.25, 0.3) is 11.8 Å². The van der Waals surface area contributed by atoms with Gasteiger partial charge in [-0.1, -0.05) is 6.07 Å². The molecule has 3 saturated heterocycles. The molecule has 0 radical (unpaired) electrons. The number of fused-ring (bicyclic) bond motifs is 3. The van der Waals surface area contributed by atoms with Gasteiger partial charge >= 0.3 is 0 Å². The van der Waals surface area contributed by atoms with Crippen molar-refractivity contribution in [1.82, 2.24) is 20.9 Å². The van der Waals surface area contributed by atoms with E-state index in [0.29, 0.717) is 17.6 Å². The van der Waals surface area contributed by atoms with Gasteiger partial charge in [0.1, 0.15) is 0 Å². The van der Waals surface area contributed by atoms with Gasteiger partial charge in [-0.15, -0.1) is 11.3 Å². The number of nitrogens with zero attached hydrogens (tertiary/aromatic N) is 1. The Morgan fingerprint density at radius 1 is 1.15 bits per heavy atom. The van der Waals surface area contributed by atoms with E-state index in [4.69, 9.17) is 0 Å². The highest BCUT2D eigenvalue weighted by Crippen LogP contribution is 2.30. The average Bonchev–Trinajstić information content (AvgIpc) is 3.42. The molecule has 2 amide bonds. The van der Waals surface area contributed by atoms with Gasteiger partial charge < -0.3 is 20.9 Å². The maximum Gasteiger partial charge on any atom is 0.264 e. The fourth-order valence-corrected chi connectivity index (χ4v) is 5.61. The molecule has 2 aromatic rings. The van der Waals surface area contributed by atoms with Crippen LogP contribution in [0.15, 0.2) is 24.3 Å². The Labute approximate surface area is 162 Å². The fourth-order valence-electron chi connectivity index (χ4n) is 4.54. The molecule has 5 rings (SSSR count). The Morgan fingerprint density at radius 2 is 2.00 bits per heavy atom. The van der Waals surface area contributed by atoms with Crippen molar-refractivity contribution in [2.45, 2.75) is 37.4 Å². The predicted octanol–water partition coefficient (Wildman–Crippen LogP) is 1.57. The number of thiophene rings is 1. The highest BCUT2D eigenvalue weighted by molar-refractivity contribution is 7.20. The van der Waals surface area contributed by atoms with Gasteiger partial charge in [-0.05, 0) is 42.8 Å². The van der Waals surface area contributed by atoms with Crippen LogP contribution in [0.5, 0.6) is 0 Å². The summed E-state index contributed by atoms with van der Waals surface area (Å²) in [6.07, 6.45) is 3.40. The summed E-state index contributed by atoms with van der Waals surface area (Å²) in [6.45, 7) is 3.19. The number of carbonyl (C=O) groups excluding carboxylic acids is 2. The van der Waals surface area contributed by atoms with Gasteiger partial charge in [0.2, 0.25) is 0 Å². The van der Waals surface area contributed by atoms with E-state index in [1.807, 2.05) is 29.2 Å². The Bertz CT molecular complexity index is 889. The van der Waals surface area contributed by atoms with Crippen molar-refractivity contribution in [2.75, 3.05) is 26.2 Å². The number of piperazine rings is 1. The highest BCUT2D eigenvalue weighted by atomic mass is 32.1. The number of amides is 2. The molecule has 3 atom stereocenters. The van der Waals surface area contributed by atoms with Crippen LogP contribution in [-0.4, -0.2) is 61.0 Å². The van der Waals surface area contributed by atoms with Crippen molar-refractivity contribution >= 4 is 33.2 Å². The first-order valence-corrected chi connectivity index (χ1v) is 10.6. The summed E-state index contributed by atoms with van der Waals surface area (Å²) in [7, 11) is 0. The second-order valence-electron chi connectivity index (χ2n) is 7.77. The molecule has 27 heavy (non-hydrogen) atoms. The summed E-state index contributed by atoms with van der Waals surface area (Å²) in [5.41, 5.74) is 0.674. The van der Waals surface area contributed by atoms with E-state index in [1.165, 1.54) is 17.8 Å². The summed E-state index contributed by atoms with van der Waals surface area (Å²) in [5, 5.41) is 11.0. The average molecular weight is 385 g/mol. The van der Waals surface area contributed by atoms with Crippen LogP contribution in [0.4, 0.5) is 0 Å². The van der Waals surface area contributed by atoms with Crippen LogP contribution < -0.4 is 16.0 Å². The summed E-state index contributed by atoms with van der Waals surface area (Å²) in [5.74, 6) is 0.0800. The van der Waals surface area contributed by atoms with E-state index >= 15 is 0 Å². The summed E-state index contributed by atoms with van der Waals surface area (Å²) in [4.78, 5) is 28.1. The second kappa shape index (κ2) is 6.89. The zero-order chi connectivity index (χ0) is 18.4. The van der Waals surface area contributed by atoms with Crippen LogP contribution in [0.3, 0.4) is 0 Å². The number of hydrogen-bond donors (Lipinski definition) is 3. The summed E-state index contributed by atoms with van der Waals surface area (Å²) in [6, 6.07) is 8.92. The van der Waals surface area contributed by atoms with E-state index in [-0.39, 0.29) is 17.9 Å². The van der Waals surface area contributed by atoms with Crippen molar-refractivity contribution in [2.24, 2.45) is 0 Å². The van der Waals surface area contributed by atoms with Crippen molar-refractivity contribution in [3.63, 3.8) is 0 Å². The minimum atomic E-state index is -0.0142.